The van der Waals surface area contributed by atoms with E-state index in [1.54, 1.807) is 6.07 Å². The first kappa shape index (κ1) is 14.4. The summed E-state index contributed by atoms with van der Waals surface area (Å²) in [5.41, 5.74) is 5.81. The van der Waals surface area contributed by atoms with Gasteiger partial charge in [0.15, 0.2) is 0 Å². The van der Waals surface area contributed by atoms with Crippen LogP contribution >= 0.6 is 0 Å². The fourth-order valence-electron chi connectivity index (χ4n) is 1.78. The molecule has 0 fully saturated rings. The van der Waals surface area contributed by atoms with E-state index in [4.69, 9.17) is 5.73 Å². The van der Waals surface area contributed by atoms with Crippen molar-refractivity contribution in [3.05, 3.63) is 65.0 Å². The molecule has 21 heavy (non-hydrogen) atoms. The molecule has 106 valence electrons. The van der Waals surface area contributed by atoms with Gasteiger partial charge in [0, 0.05) is 17.3 Å². The SMILES string of the molecule is COC(=O)c1cccnc1C(=O)c1ccc(C(N)=O)cc1. The highest BCUT2D eigenvalue weighted by Crippen LogP contribution is 2.14. The lowest BCUT2D eigenvalue weighted by Gasteiger charge is -2.06. The maximum Gasteiger partial charge on any atom is 0.340 e. The van der Waals surface area contributed by atoms with E-state index in [1.165, 1.54) is 43.6 Å². The zero-order valence-corrected chi connectivity index (χ0v) is 11.2. The third-order valence-electron chi connectivity index (χ3n) is 2.86. The summed E-state index contributed by atoms with van der Waals surface area (Å²) < 4.78 is 4.62. The lowest BCUT2D eigenvalue weighted by Crippen LogP contribution is -2.14. The highest BCUT2D eigenvalue weighted by Gasteiger charge is 2.20. The van der Waals surface area contributed by atoms with Crippen molar-refractivity contribution < 1.29 is 19.1 Å². The Morgan fingerprint density at radius 3 is 2.24 bits per heavy atom. The van der Waals surface area contributed by atoms with E-state index in [2.05, 4.69) is 9.72 Å². The van der Waals surface area contributed by atoms with Gasteiger partial charge in [0.1, 0.15) is 5.69 Å². The van der Waals surface area contributed by atoms with Gasteiger partial charge in [-0.2, -0.15) is 0 Å². The molecule has 6 nitrogen and oxygen atoms in total. The number of carbonyl (C=O) groups is 3. The largest absolute Gasteiger partial charge is 0.465 e. The molecule has 2 rings (SSSR count). The Labute approximate surface area is 120 Å². The quantitative estimate of drug-likeness (QED) is 0.671. The number of esters is 1. The monoisotopic (exact) mass is 284 g/mol. The van der Waals surface area contributed by atoms with Crippen LogP contribution in [0.2, 0.25) is 0 Å². The van der Waals surface area contributed by atoms with Crippen LogP contribution in [0.1, 0.15) is 36.8 Å². The summed E-state index contributed by atoms with van der Waals surface area (Å²) in [6, 6.07) is 8.80. The molecule has 1 aromatic heterocycles. The van der Waals surface area contributed by atoms with Crippen molar-refractivity contribution in [2.75, 3.05) is 7.11 Å². The van der Waals surface area contributed by atoms with Crippen LogP contribution in [0.5, 0.6) is 0 Å². The number of hydrogen-bond donors (Lipinski definition) is 1. The molecule has 2 aromatic rings. The maximum atomic E-state index is 12.4. The lowest BCUT2D eigenvalue weighted by atomic mass is 10.0. The lowest BCUT2D eigenvalue weighted by molar-refractivity contribution is 0.0596. The van der Waals surface area contributed by atoms with Crippen LogP contribution < -0.4 is 5.73 Å². The van der Waals surface area contributed by atoms with Gasteiger partial charge in [-0.05, 0) is 24.3 Å². The van der Waals surface area contributed by atoms with Gasteiger partial charge in [-0.3, -0.25) is 14.6 Å². The van der Waals surface area contributed by atoms with Gasteiger partial charge in [0.2, 0.25) is 11.7 Å². The van der Waals surface area contributed by atoms with E-state index >= 15 is 0 Å². The second-order valence-electron chi connectivity index (χ2n) is 4.16. The standard InChI is InChI=1S/C15H12N2O4/c1-21-15(20)11-3-2-8-17-12(11)13(18)9-4-6-10(7-5-9)14(16)19/h2-8H,1H3,(H2,16,19). The van der Waals surface area contributed by atoms with Crippen LogP contribution in [0.15, 0.2) is 42.6 Å². The van der Waals surface area contributed by atoms with Crippen LogP contribution in [0.4, 0.5) is 0 Å². The zero-order valence-electron chi connectivity index (χ0n) is 11.2. The molecule has 2 N–H and O–H groups in total. The number of ether oxygens (including phenoxy) is 1. The summed E-state index contributed by atoms with van der Waals surface area (Å²) >= 11 is 0. The van der Waals surface area contributed by atoms with Gasteiger partial charge >= 0.3 is 5.97 Å². The molecule has 0 atom stereocenters. The fourth-order valence-corrected chi connectivity index (χ4v) is 1.78. The second-order valence-corrected chi connectivity index (χ2v) is 4.16. The number of amides is 1. The molecule has 0 saturated carbocycles. The Morgan fingerprint density at radius 1 is 1.05 bits per heavy atom. The molecule has 0 unspecified atom stereocenters. The van der Waals surface area contributed by atoms with Gasteiger partial charge in [-0.15, -0.1) is 0 Å². The Balaban J connectivity index is 2.40. The third kappa shape index (κ3) is 2.94. The minimum Gasteiger partial charge on any atom is -0.465 e. The van der Waals surface area contributed by atoms with Crippen molar-refractivity contribution >= 4 is 17.7 Å². The van der Waals surface area contributed by atoms with Gasteiger partial charge in [0.25, 0.3) is 0 Å². The minimum absolute atomic E-state index is 0.00354. The highest BCUT2D eigenvalue weighted by atomic mass is 16.5. The molecular formula is C15H12N2O4. The summed E-state index contributed by atoms with van der Waals surface area (Å²) in [5.74, 6) is -1.66. The third-order valence-corrected chi connectivity index (χ3v) is 2.86. The molecule has 0 aliphatic carbocycles. The van der Waals surface area contributed by atoms with Crippen molar-refractivity contribution in [1.29, 1.82) is 0 Å². The normalized spacial score (nSPS) is 9.95. The number of ketones is 1. The van der Waals surface area contributed by atoms with Gasteiger partial charge in [-0.1, -0.05) is 12.1 Å². The Morgan fingerprint density at radius 2 is 1.67 bits per heavy atom. The number of primary amides is 1. The molecule has 1 aromatic carbocycles. The summed E-state index contributed by atoms with van der Waals surface area (Å²) in [5, 5.41) is 0. The predicted molar refractivity (Wildman–Crippen MR) is 74.0 cm³/mol. The van der Waals surface area contributed by atoms with Crippen molar-refractivity contribution in [1.82, 2.24) is 4.98 Å². The van der Waals surface area contributed by atoms with Crippen molar-refractivity contribution in [3.63, 3.8) is 0 Å². The first-order chi connectivity index (χ1) is 10.0. The van der Waals surface area contributed by atoms with Gasteiger partial charge in [0.05, 0.1) is 12.7 Å². The predicted octanol–water partition coefficient (Wildman–Crippen LogP) is 1.20. The summed E-state index contributed by atoms with van der Waals surface area (Å²) in [6.45, 7) is 0. The molecular weight excluding hydrogens is 272 g/mol. The summed E-state index contributed by atoms with van der Waals surface area (Å²) in [4.78, 5) is 39.0. The van der Waals surface area contributed by atoms with Crippen LogP contribution in [-0.2, 0) is 4.74 Å². The number of nitrogens with two attached hydrogens (primary N) is 1. The number of nitrogens with zero attached hydrogens (tertiary/aromatic N) is 1. The number of carbonyl (C=O) groups excluding carboxylic acids is 3. The van der Waals surface area contributed by atoms with Crippen molar-refractivity contribution in [2.45, 2.75) is 0 Å². The van der Waals surface area contributed by atoms with Crippen LogP contribution in [-0.4, -0.2) is 29.8 Å². The van der Waals surface area contributed by atoms with Gasteiger partial charge in [-0.25, -0.2) is 4.79 Å². The fraction of sp³-hybridized carbons (Fsp3) is 0.0667. The Kier molecular flexibility index (Phi) is 4.08. The number of rotatable bonds is 4. The van der Waals surface area contributed by atoms with Crippen LogP contribution in [0, 0.1) is 0 Å². The Hall–Kier alpha value is -3.02. The number of methoxy groups -OCH3 is 1. The molecule has 0 aliphatic heterocycles. The van der Waals surface area contributed by atoms with E-state index in [-0.39, 0.29) is 11.3 Å². The molecule has 0 aliphatic rings. The molecule has 0 radical (unpaired) electrons. The first-order valence-electron chi connectivity index (χ1n) is 6.02. The second kappa shape index (κ2) is 5.96. The van der Waals surface area contributed by atoms with Crippen LogP contribution in [0.25, 0.3) is 0 Å². The maximum absolute atomic E-state index is 12.4. The van der Waals surface area contributed by atoms with Gasteiger partial charge < -0.3 is 10.5 Å². The Bertz CT molecular complexity index is 708. The highest BCUT2D eigenvalue weighted by molar-refractivity contribution is 6.13. The molecule has 0 spiro atoms. The van der Waals surface area contributed by atoms with Crippen molar-refractivity contribution in [3.8, 4) is 0 Å². The van der Waals surface area contributed by atoms with E-state index in [1.807, 2.05) is 0 Å². The number of hydrogen-bond acceptors (Lipinski definition) is 5. The van der Waals surface area contributed by atoms with E-state index in [0.717, 1.165) is 0 Å². The molecule has 0 saturated heterocycles. The van der Waals surface area contributed by atoms with E-state index < -0.39 is 17.7 Å². The van der Waals surface area contributed by atoms with E-state index in [9.17, 15) is 14.4 Å². The average molecular weight is 284 g/mol. The smallest absolute Gasteiger partial charge is 0.340 e. The number of pyridine rings is 1. The topological polar surface area (TPSA) is 99.3 Å². The van der Waals surface area contributed by atoms with E-state index in [0.29, 0.717) is 11.1 Å². The molecule has 1 heterocycles. The number of aromatic nitrogens is 1. The molecule has 6 heteroatoms. The van der Waals surface area contributed by atoms with Crippen LogP contribution in [0.3, 0.4) is 0 Å². The minimum atomic E-state index is -0.639. The zero-order chi connectivity index (χ0) is 15.4. The molecule has 0 bridgehead atoms. The summed E-state index contributed by atoms with van der Waals surface area (Å²) in [7, 11) is 1.23. The van der Waals surface area contributed by atoms with Crippen molar-refractivity contribution in [2.24, 2.45) is 5.73 Å². The first-order valence-corrected chi connectivity index (χ1v) is 6.02. The molecule has 1 amide bonds. The number of benzene rings is 1. The average Bonchev–Trinajstić information content (AvgIpc) is 2.53. The summed E-state index contributed by atoms with van der Waals surface area (Å²) in [6.07, 6.45) is 1.41.